The van der Waals surface area contributed by atoms with Gasteiger partial charge in [-0.25, -0.2) is 0 Å². The second-order valence-corrected chi connectivity index (χ2v) is 2.55. The largest absolute Gasteiger partial charge is 0.463 e. The van der Waals surface area contributed by atoms with Gasteiger partial charge in [-0.15, -0.1) is 0 Å². The Kier molecular flexibility index (Phi) is 1.18. The van der Waals surface area contributed by atoms with Gasteiger partial charge in [0.2, 0.25) is 0 Å². The lowest BCUT2D eigenvalue weighted by Crippen LogP contribution is -1.70. The van der Waals surface area contributed by atoms with Gasteiger partial charge in [0.05, 0.1) is 5.02 Å². The second kappa shape index (κ2) is 2.03. The van der Waals surface area contributed by atoms with Crippen molar-refractivity contribution >= 4 is 11.6 Å². The standard InChI is InChI=1S/C8H5ClO/c9-7-4-6-2-1-3-8(6)10-5-7/h1-5H. The highest BCUT2D eigenvalue weighted by atomic mass is 35.5. The number of halogens is 1. The molecule has 0 aromatic heterocycles. The van der Waals surface area contributed by atoms with Gasteiger partial charge in [-0.05, 0) is 12.1 Å². The van der Waals surface area contributed by atoms with Crippen LogP contribution in [0.1, 0.15) is 0 Å². The SMILES string of the molecule is Clc1coc2cccc-2c1. The van der Waals surface area contributed by atoms with Crippen LogP contribution in [-0.2, 0) is 0 Å². The van der Waals surface area contributed by atoms with E-state index in [1.54, 1.807) is 0 Å². The van der Waals surface area contributed by atoms with E-state index in [-0.39, 0.29) is 0 Å². The minimum Gasteiger partial charge on any atom is -0.463 e. The minimum absolute atomic E-state index is 0.638. The Labute approximate surface area is 63.6 Å². The van der Waals surface area contributed by atoms with Gasteiger partial charge in [-0.2, -0.15) is 0 Å². The molecule has 0 saturated carbocycles. The van der Waals surface area contributed by atoms with Crippen LogP contribution >= 0.6 is 11.6 Å². The van der Waals surface area contributed by atoms with Gasteiger partial charge >= 0.3 is 0 Å². The predicted molar refractivity (Wildman–Crippen MR) is 40.3 cm³/mol. The van der Waals surface area contributed by atoms with Crippen molar-refractivity contribution in [1.82, 2.24) is 0 Å². The molecule has 2 aliphatic rings. The van der Waals surface area contributed by atoms with Crippen molar-refractivity contribution in [2.45, 2.75) is 0 Å². The van der Waals surface area contributed by atoms with Crippen LogP contribution in [0, 0.1) is 0 Å². The summed E-state index contributed by atoms with van der Waals surface area (Å²) in [6.45, 7) is 0. The van der Waals surface area contributed by atoms with Crippen LogP contribution in [-0.4, -0.2) is 0 Å². The van der Waals surface area contributed by atoms with Crippen molar-refractivity contribution in [3.63, 3.8) is 0 Å². The first-order valence-corrected chi connectivity index (χ1v) is 3.37. The lowest BCUT2D eigenvalue weighted by molar-refractivity contribution is 0.567. The van der Waals surface area contributed by atoms with Crippen molar-refractivity contribution in [2.75, 3.05) is 0 Å². The molecule has 0 unspecified atom stereocenters. The van der Waals surface area contributed by atoms with E-state index < -0.39 is 0 Å². The maximum atomic E-state index is 5.68. The molecule has 0 aromatic carbocycles. The summed E-state index contributed by atoms with van der Waals surface area (Å²) in [7, 11) is 0. The highest BCUT2D eigenvalue weighted by Crippen LogP contribution is 2.25. The van der Waals surface area contributed by atoms with Crippen LogP contribution in [0.4, 0.5) is 0 Å². The molecule has 1 aliphatic heterocycles. The average Bonchev–Trinajstić information content (AvgIpc) is 2.33. The fourth-order valence-corrected chi connectivity index (χ4v) is 1.11. The highest BCUT2D eigenvalue weighted by Gasteiger charge is 2.02. The molecule has 2 rings (SSSR count). The van der Waals surface area contributed by atoms with E-state index in [4.69, 9.17) is 16.0 Å². The van der Waals surface area contributed by atoms with Gasteiger partial charge in [0.1, 0.15) is 12.0 Å². The molecule has 0 spiro atoms. The Morgan fingerprint density at radius 2 is 2.20 bits per heavy atom. The molecule has 2 heteroatoms. The van der Waals surface area contributed by atoms with Gasteiger partial charge in [-0.3, -0.25) is 0 Å². The van der Waals surface area contributed by atoms with Crippen molar-refractivity contribution in [2.24, 2.45) is 0 Å². The number of hydrogen-bond donors (Lipinski definition) is 0. The monoisotopic (exact) mass is 152 g/mol. The maximum Gasteiger partial charge on any atom is 0.133 e. The topological polar surface area (TPSA) is 13.1 Å². The van der Waals surface area contributed by atoms with Crippen molar-refractivity contribution in [3.05, 3.63) is 35.6 Å². The van der Waals surface area contributed by atoms with Crippen LogP contribution in [0.2, 0.25) is 5.02 Å². The normalized spacial score (nSPS) is 10.5. The van der Waals surface area contributed by atoms with Gasteiger partial charge in [0.15, 0.2) is 0 Å². The number of rotatable bonds is 0. The molecule has 0 saturated heterocycles. The first kappa shape index (κ1) is 5.81. The van der Waals surface area contributed by atoms with Crippen molar-refractivity contribution < 1.29 is 4.42 Å². The van der Waals surface area contributed by atoms with Gasteiger partial charge in [0, 0.05) is 5.56 Å². The first-order valence-electron chi connectivity index (χ1n) is 2.99. The van der Waals surface area contributed by atoms with Crippen molar-refractivity contribution in [1.29, 1.82) is 0 Å². The summed E-state index contributed by atoms with van der Waals surface area (Å²) in [6.07, 6.45) is 1.53. The maximum absolute atomic E-state index is 5.68. The molecule has 1 nitrogen and oxygen atoms in total. The fraction of sp³-hybridized carbons (Fsp3) is 0. The summed E-state index contributed by atoms with van der Waals surface area (Å²) in [6, 6.07) is 7.68. The van der Waals surface area contributed by atoms with E-state index >= 15 is 0 Å². The van der Waals surface area contributed by atoms with Gasteiger partial charge < -0.3 is 4.42 Å². The van der Waals surface area contributed by atoms with E-state index in [9.17, 15) is 0 Å². The summed E-state index contributed by atoms with van der Waals surface area (Å²) >= 11 is 5.68. The van der Waals surface area contributed by atoms with Crippen LogP contribution in [0.3, 0.4) is 0 Å². The van der Waals surface area contributed by atoms with E-state index in [2.05, 4.69) is 0 Å². The minimum atomic E-state index is 0.638. The first-order chi connectivity index (χ1) is 4.86. The van der Waals surface area contributed by atoms with E-state index in [0.717, 1.165) is 11.3 Å². The molecule has 0 atom stereocenters. The quantitative estimate of drug-likeness (QED) is 0.566. The summed E-state index contributed by atoms with van der Waals surface area (Å²) in [5.41, 5.74) is 1.05. The lowest BCUT2D eigenvalue weighted by atomic mass is 10.3. The summed E-state index contributed by atoms with van der Waals surface area (Å²) in [4.78, 5) is 0. The summed E-state index contributed by atoms with van der Waals surface area (Å²) < 4.78 is 5.15. The molecule has 0 aromatic rings. The smallest absolute Gasteiger partial charge is 0.133 e. The summed E-state index contributed by atoms with van der Waals surface area (Å²) in [5.74, 6) is 0.879. The molecular formula is C8H5ClO. The third-order valence-corrected chi connectivity index (χ3v) is 1.60. The molecule has 1 heterocycles. The molecule has 0 amide bonds. The Balaban J connectivity index is 2.75. The Hall–Kier alpha value is -0.950. The zero-order chi connectivity index (χ0) is 6.97. The molecule has 0 bridgehead atoms. The fourth-order valence-electron chi connectivity index (χ4n) is 0.946. The average molecular weight is 153 g/mol. The third kappa shape index (κ3) is 0.792. The molecule has 0 radical (unpaired) electrons. The predicted octanol–water partition coefficient (Wildman–Crippen LogP) is 3.04. The Morgan fingerprint density at radius 1 is 1.30 bits per heavy atom. The van der Waals surface area contributed by atoms with Crippen LogP contribution in [0.15, 0.2) is 34.9 Å². The zero-order valence-electron chi connectivity index (χ0n) is 5.17. The van der Waals surface area contributed by atoms with Gasteiger partial charge in [-0.1, -0.05) is 23.7 Å². The van der Waals surface area contributed by atoms with Crippen molar-refractivity contribution in [3.8, 4) is 11.3 Å². The van der Waals surface area contributed by atoms with Crippen LogP contribution in [0.25, 0.3) is 11.3 Å². The number of fused-ring (bicyclic) bond motifs is 1. The molecule has 50 valence electrons. The summed E-state index contributed by atoms with van der Waals surface area (Å²) in [5, 5.41) is 0.638. The highest BCUT2D eigenvalue weighted by molar-refractivity contribution is 6.30. The zero-order valence-corrected chi connectivity index (χ0v) is 5.93. The second-order valence-electron chi connectivity index (χ2n) is 2.11. The van der Waals surface area contributed by atoms with Gasteiger partial charge in [0.25, 0.3) is 0 Å². The molecule has 0 fully saturated rings. The van der Waals surface area contributed by atoms with Crippen LogP contribution in [0.5, 0.6) is 0 Å². The molecule has 1 aliphatic carbocycles. The van der Waals surface area contributed by atoms with Crippen LogP contribution < -0.4 is 0 Å². The number of hydrogen-bond acceptors (Lipinski definition) is 1. The molecular weight excluding hydrogens is 148 g/mol. The Bertz CT molecular complexity index is 313. The van der Waals surface area contributed by atoms with E-state index in [1.165, 1.54) is 6.26 Å². The third-order valence-electron chi connectivity index (χ3n) is 1.40. The Morgan fingerprint density at radius 3 is 3.10 bits per heavy atom. The van der Waals surface area contributed by atoms with E-state index in [0.29, 0.717) is 5.02 Å². The molecule has 10 heavy (non-hydrogen) atoms. The van der Waals surface area contributed by atoms with E-state index in [1.807, 2.05) is 24.3 Å². The molecule has 0 N–H and O–H groups in total. The lowest BCUT2D eigenvalue weighted by Gasteiger charge is -1.95.